The quantitative estimate of drug-likeness (QED) is 0.123. The van der Waals surface area contributed by atoms with Gasteiger partial charge < -0.3 is 14.3 Å². The van der Waals surface area contributed by atoms with Gasteiger partial charge in [0.2, 0.25) is 0 Å². The predicted octanol–water partition coefficient (Wildman–Crippen LogP) is 6.59. The summed E-state index contributed by atoms with van der Waals surface area (Å²) in [6.07, 6.45) is 13.2. The predicted molar refractivity (Wildman–Crippen MR) is 138 cm³/mol. The third kappa shape index (κ3) is 10.0. The number of hydrogen-bond donors (Lipinski definition) is 1. The molecular weight excluding hydrogens is 432 g/mol. The Hall–Kier alpha value is -0.983. The molecule has 0 aromatic rings. The summed E-state index contributed by atoms with van der Waals surface area (Å²) in [5, 5.41) is 11.1. The molecule has 1 aliphatic rings. The number of carbonyl (C=O) groups is 2. The Balaban J connectivity index is 2.83. The molecule has 0 amide bonds. The summed E-state index contributed by atoms with van der Waals surface area (Å²) in [4.78, 5) is 24.3. The zero-order valence-corrected chi connectivity index (χ0v) is 23.3. The maximum absolute atomic E-state index is 13.0. The number of ketones is 1. The third-order valence-electron chi connectivity index (χ3n) is 7.48. The molecule has 0 bridgehead atoms. The van der Waals surface area contributed by atoms with Crippen molar-refractivity contribution in [1.82, 2.24) is 0 Å². The van der Waals surface area contributed by atoms with Crippen LogP contribution in [0.15, 0.2) is 12.2 Å². The van der Waals surface area contributed by atoms with Crippen LogP contribution in [-0.4, -0.2) is 44.5 Å². The summed E-state index contributed by atoms with van der Waals surface area (Å²) in [6.45, 7) is 13.3. The average Bonchev–Trinajstić information content (AvgIpc) is 3.03. The van der Waals surface area contributed by atoms with Crippen molar-refractivity contribution in [1.29, 1.82) is 0 Å². The lowest BCUT2D eigenvalue weighted by Gasteiger charge is -2.40. The minimum Gasteiger partial charge on any atom is -0.469 e. The van der Waals surface area contributed by atoms with Crippen molar-refractivity contribution in [3.8, 4) is 0 Å². The van der Waals surface area contributed by atoms with Crippen molar-refractivity contribution in [2.45, 2.75) is 129 Å². The highest BCUT2D eigenvalue weighted by atomic mass is 28.4. The minimum absolute atomic E-state index is 0.0668. The molecule has 4 atom stereocenters. The largest absolute Gasteiger partial charge is 0.469 e. The van der Waals surface area contributed by atoms with Gasteiger partial charge in [-0.25, -0.2) is 0 Å². The van der Waals surface area contributed by atoms with Gasteiger partial charge in [-0.1, -0.05) is 72.0 Å². The Morgan fingerprint density at radius 3 is 2.42 bits per heavy atom. The second kappa shape index (κ2) is 14.4. The first-order valence-electron chi connectivity index (χ1n) is 13.1. The fourth-order valence-corrected chi connectivity index (χ4v) is 5.68. The zero-order valence-electron chi connectivity index (χ0n) is 22.3. The zero-order chi connectivity index (χ0) is 25.1. The molecule has 0 aromatic carbocycles. The number of aliphatic hydroxyl groups excluding tert-OH is 1. The van der Waals surface area contributed by atoms with Crippen LogP contribution in [0, 0.1) is 11.8 Å². The number of Topliss-reactive ketones (excluding diaryl/α,β-unsaturated/α-hetero) is 1. The summed E-state index contributed by atoms with van der Waals surface area (Å²) in [7, 11) is -0.633. The molecule has 1 saturated carbocycles. The van der Waals surface area contributed by atoms with Gasteiger partial charge in [0.15, 0.2) is 8.32 Å². The minimum atomic E-state index is -2.03. The number of hydrogen-bond acceptors (Lipinski definition) is 5. The van der Waals surface area contributed by atoms with Gasteiger partial charge in [0.25, 0.3) is 0 Å². The van der Waals surface area contributed by atoms with Crippen molar-refractivity contribution in [3.05, 3.63) is 12.2 Å². The van der Waals surface area contributed by atoms with Crippen molar-refractivity contribution in [2.24, 2.45) is 11.8 Å². The van der Waals surface area contributed by atoms with E-state index in [-0.39, 0.29) is 28.8 Å². The molecule has 5 nitrogen and oxygen atoms in total. The smallest absolute Gasteiger partial charge is 0.305 e. The lowest BCUT2D eigenvalue weighted by molar-refractivity contribution is -0.140. The molecule has 1 aliphatic carbocycles. The third-order valence-corrected chi connectivity index (χ3v) is 12.0. The van der Waals surface area contributed by atoms with Crippen molar-refractivity contribution >= 4 is 20.1 Å². The molecule has 192 valence electrons. The van der Waals surface area contributed by atoms with Crippen LogP contribution < -0.4 is 0 Å². The van der Waals surface area contributed by atoms with Crippen LogP contribution in [0.1, 0.15) is 98.3 Å². The molecule has 0 radical (unpaired) electrons. The van der Waals surface area contributed by atoms with Crippen LogP contribution in [0.5, 0.6) is 0 Å². The van der Waals surface area contributed by atoms with Gasteiger partial charge in [-0.05, 0) is 43.8 Å². The number of esters is 1. The summed E-state index contributed by atoms with van der Waals surface area (Å²) in [5.74, 6) is -0.534. The molecular formula is C27H50O5Si. The van der Waals surface area contributed by atoms with Crippen molar-refractivity contribution in [2.75, 3.05) is 7.11 Å². The van der Waals surface area contributed by atoms with Crippen molar-refractivity contribution < 1.29 is 23.9 Å². The fraction of sp³-hybridized carbons (Fsp3) is 0.852. The number of carbonyl (C=O) groups excluding carboxylic acids is 2. The number of unbranched alkanes of at least 4 members (excludes halogenated alkanes) is 6. The first-order chi connectivity index (χ1) is 15.4. The number of aliphatic hydroxyl groups is 1. The Labute approximate surface area is 203 Å². The van der Waals surface area contributed by atoms with Gasteiger partial charge in [0, 0.05) is 18.8 Å². The lowest BCUT2D eigenvalue weighted by Crippen LogP contribution is -2.45. The van der Waals surface area contributed by atoms with Crippen LogP contribution in [0.3, 0.4) is 0 Å². The second-order valence-electron chi connectivity index (χ2n) is 11.2. The normalized spacial score (nSPS) is 22.8. The molecule has 0 aliphatic heterocycles. The first kappa shape index (κ1) is 30.0. The monoisotopic (exact) mass is 482 g/mol. The van der Waals surface area contributed by atoms with Gasteiger partial charge in [0.1, 0.15) is 5.78 Å². The standard InChI is InChI=1S/C27H50O5Si/c1-8-9-10-11-12-14-17-21-24(32-33(6,7)27(2,3)4)20-23(29)26(21)22(28)18-15-13-16-19-25(30)31-5/h14,17,21-22,24,26,28H,8-13,15-16,18-20H2,1-7H3/b17-14+. The van der Waals surface area contributed by atoms with E-state index in [9.17, 15) is 14.7 Å². The van der Waals surface area contributed by atoms with Gasteiger partial charge in [-0.3, -0.25) is 9.59 Å². The topological polar surface area (TPSA) is 72.8 Å². The van der Waals surface area contributed by atoms with Crippen LogP contribution >= 0.6 is 0 Å². The van der Waals surface area contributed by atoms with E-state index in [0.717, 1.165) is 32.1 Å². The highest BCUT2D eigenvalue weighted by Crippen LogP contribution is 2.43. The fourth-order valence-electron chi connectivity index (χ4n) is 4.33. The number of methoxy groups -OCH3 is 1. The molecule has 6 heteroatoms. The molecule has 0 aromatic heterocycles. The summed E-state index contributed by atoms with van der Waals surface area (Å²) in [5.41, 5.74) is 0. The van der Waals surface area contributed by atoms with E-state index in [1.807, 2.05) is 0 Å². The molecule has 4 unspecified atom stereocenters. The Morgan fingerprint density at radius 2 is 1.82 bits per heavy atom. The maximum Gasteiger partial charge on any atom is 0.305 e. The summed E-state index contributed by atoms with van der Waals surface area (Å²) >= 11 is 0. The van der Waals surface area contributed by atoms with Crippen molar-refractivity contribution in [3.63, 3.8) is 0 Å². The lowest BCUT2D eigenvalue weighted by atomic mass is 9.86. The molecule has 33 heavy (non-hydrogen) atoms. The van der Waals surface area contributed by atoms with E-state index >= 15 is 0 Å². The van der Waals surface area contributed by atoms with Gasteiger partial charge in [-0.2, -0.15) is 0 Å². The van der Waals surface area contributed by atoms with Gasteiger partial charge >= 0.3 is 5.97 Å². The molecule has 0 heterocycles. The molecule has 0 spiro atoms. The summed E-state index contributed by atoms with van der Waals surface area (Å²) < 4.78 is 11.4. The first-order valence-corrected chi connectivity index (χ1v) is 16.0. The van der Waals surface area contributed by atoms with E-state index in [0.29, 0.717) is 19.3 Å². The number of allylic oxidation sites excluding steroid dienone is 1. The highest BCUT2D eigenvalue weighted by molar-refractivity contribution is 6.74. The van der Waals surface area contributed by atoms with Gasteiger partial charge in [0.05, 0.1) is 25.2 Å². The highest BCUT2D eigenvalue weighted by Gasteiger charge is 2.49. The SMILES string of the molecule is CCCCCC/C=C/C1C(O[Si](C)(C)C(C)(C)C)CC(=O)C1C(O)CCCCCC(=O)OC. The van der Waals surface area contributed by atoms with Crippen LogP contribution in [0.2, 0.25) is 18.1 Å². The number of rotatable bonds is 15. The summed E-state index contributed by atoms with van der Waals surface area (Å²) in [6, 6.07) is 0. The van der Waals surface area contributed by atoms with E-state index < -0.39 is 20.3 Å². The van der Waals surface area contributed by atoms with E-state index in [1.165, 1.54) is 26.4 Å². The average molecular weight is 483 g/mol. The Bertz CT molecular complexity index is 622. The van der Waals surface area contributed by atoms with Crippen LogP contribution in [-0.2, 0) is 18.8 Å². The number of ether oxygens (including phenoxy) is 1. The second-order valence-corrected chi connectivity index (χ2v) is 16.0. The molecule has 0 saturated heterocycles. The van der Waals surface area contributed by atoms with E-state index in [4.69, 9.17) is 4.43 Å². The van der Waals surface area contributed by atoms with E-state index in [1.54, 1.807) is 0 Å². The Kier molecular flexibility index (Phi) is 13.1. The van der Waals surface area contributed by atoms with E-state index in [2.05, 4.69) is 57.7 Å². The molecule has 1 N–H and O–H groups in total. The van der Waals surface area contributed by atoms with Gasteiger partial charge in [-0.15, -0.1) is 0 Å². The molecule has 1 fully saturated rings. The van der Waals surface area contributed by atoms with Crippen LogP contribution in [0.25, 0.3) is 0 Å². The Morgan fingerprint density at radius 1 is 1.15 bits per heavy atom. The molecule has 1 rings (SSSR count). The maximum atomic E-state index is 13.0. The van der Waals surface area contributed by atoms with Crippen LogP contribution in [0.4, 0.5) is 0 Å².